The zero-order valence-corrected chi connectivity index (χ0v) is 16.0. The van der Waals surface area contributed by atoms with Crippen molar-refractivity contribution in [3.8, 4) is 0 Å². The Morgan fingerprint density at radius 1 is 0.808 bits per heavy atom. The molecule has 0 aromatic rings. The predicted molar refractivity (Wildman–Crippen MR) is 110 cm³/mol. The molecule has 144 valence electrons. The zero-order chi connectivity index (χ0) is 19.3. The van der Waals surface area contributed by atoms with Crippen molar-refractivity contribution < 1.29 is 9.72 Å². The minimum absolute atomic E-state index is 0.195. The van der Waals surface area contributed by atoms with Crippen LogP contribution in [0.15, 0.2) is 60.4 Å². The molecule has 0 aliphatic carbocycles. The molecule has 0 saturated heterocycles. The van der Waals surface area contributed by atoms with Crippen LogP contribution in [0.5, 0.6) is 0 Å². The molecule has 0 aliphatic rings. The maximum atomic E-state index is 11.0. The van der Waals surface area contributed by atoms with Crippen LogP contribution in [0.1, 0.15) is 71.1 Å². The molecule has 0 saturated carbocycles. The summed E-state index contributed by atoms with van der Waals surface area (Å²) >= 11 is 0. The summed E-state index contributed by atoms with van der Waals surface area (Å²) in [7, 11) is 0. The molecule has 0 aliphatic heterocycles. The Hall–Kier alpha value is -2.23. The second-order valence-electron chi connectivity index (χ2n) is 5.99. The highest BCUT2D eigenvalue weighted by molar-refractivity contribution is 5.49. The number of unbranched alkanes of at least 4 members (excludes halogenated alkanes) is 4. The Balaban J connectivity index is 3.96. The van der Waals surface area contributed by atoms with Gasteiger partial charge >= 0.3 is 0 Å². The topological polar surface area (TPSA) is 60.2 Å². The molecular weight excluding hydrogens is 326 g/mol. The first kappa shape index (κ1) is 23.8. The molecule has 0 rings (SSSR count). The van der Waals surface area contributed by atoms with Crippen LogP contribution in [-0.4, -0.2) is 11.2 Å². The van der Waals surface area contributed by atoms with E-state index in [1.54, 1.807) is 12.2 Å². The second-order valence-corrected chi connectivity index (χ2v) is 5.99. The average Bonchev–Trinajstić information content (AvgIpc) is 2.63. The summed E-state index contributed by atoms with van der Waals surface area (Å²) in [5.41, 5.74) is 0.195. The lowest BCUT2D eigenvalue weighted by molar-refractivity contribution is -0.427. The number of hydrogen-bond acceptors (Lipinski definition) is 3. The van der Waals surface area contributed by atoms with E-state index < -0.39 is 0 Å². The molecule has 0 N–H and O–H groups in total. The fourth-order valence-corrected chi connectivity index (χ4v) is 2.19. The molecule has 0 aromatic carbocycles. The summed E-state index contributed by atoms with van der Waals surface area (Å²) in [6.07, 6.45) is 27.5. The van der Waals surface area contributed by atoms with E-state index in [9.17, 15) is 14.9 Å². The summed E-state index contributed by atoms with van der Waals surface area (Å²) in [6.45, 7) is 2.21. The monoisotopic (exact) mass is 359 g/mol. The first-order valence-corrected chi connectivity index (χ1v) is 9.59. The highest BCUT2D eigenvalue weighted by Gasteiger charge is 2.06. The van der Waals surface area contributed by atoms with Crippen LogP contribution >= 0.6 is 0 Å². The van der Waals surface area contributed by atoms with E-state index in [0.29, 0.717) is 25.7 Å². The van der Waals surface area contributed by atoms with Gasteiger partial charge in [0, 0.05) is 6.42 Å². The van der Waals surface area contributed by atoms with Crippen molar-refractivity contribution in [3.05, 3.63) is 70.5 Å². The van der Waals surface area contributed by atoms with Crippen molar-refractivity contribution in [2.75, 3.05) is 0 Å². The highest BCUT2D eigenvalue weighted by atomic mass is 16.6. The highest BCUT2D eigenvalue weighted by Crippen LogP contribution is 2.07. The van der Waals surface area contributed by atoms with Crippen LogP contribution in [0.3, 0.4) is 0 Å². The third kappa shape index (κ3) is 16.6. The van der Waals surface area contributed by atoms with Crippen LogP contribution < -0.4 is 0 Å². The average molecular weight is 360 g/mol. The fraction of sp³-hybridized carbons (Fsp3) is 0.500. The maximum absolute atomic E-state index is 11.0. The molecule has 0 fully saturated rings. The minimum atomic E-state index is -0.343. The molecule has 26 heavy (non-hydrogen) atoms. The molecule has 4 nitrogen and oxygen atoms in total. The second kappa shape index (κ2) is 19.1. The van der Waals surface area contributed by atoms with Gasteiger partial charge in [-0.3, -0.25) is 10.1 Å². The fourth-order valence-electron chi connectivity index (χ4n) is 2.19. The molecule has 0 amide bonds. The Kier molecular flexibility index (Phi) is 17.5. The number of carbonyl (C=O) groups excluding carboxylic acids is 1. The molecule has 0 aromatic heterocycles. The van der Waals surface area contributed by atoms with Crippen molar-refractivity contribution in [1.82, 2.24) is 0 Å². The molecule has 0 spiro atoms. The lowest BCUT2D eigenvalue weighted by Gasteiger charge is -1.93. The van der Waals surface area contributed by atoms with Crippen molar-refractivity contribution in [1.29, 1.82) is 0 Å². The quantitative estimate of drug-likeness (QED) is 0.104. The molecule has 0 radical (unpaired) electrons. The van der Waals surface area contributed by atoms with E-state index in [4.69, 9.17) is 0 Å². The normalized spacial score (nSPS) is 12.9. The van der Waals surface area contributed by atoms with Gasteiger partial charge in [-0.2, -0.15) is 0 Å². The number of allylic oxidation sites excluding steroid dienone is 9. The van der Waals surface area contributed by atoms with Gasteiger partial charge in [-0.05, 0) is 44.6 Å². The summed E-state index contributed by atoms with van der Waals surface area (Å²) in [5, 5.41) is 11.0. The number of rotatable bonds is 16. The van der Waals surface area contributed by atoms with Crippen molar-refractivity contribution in [2.45, 2.75) is 71.1 Å². The van der Waals surface area contributed by atoms with E-state index in [1.807, 2.05) is 18.2 Å². The number of nitro groups is 1. The van der Waals surface area contributed by atoms with E-state index in [2.05, 4.69) is 31.2 Å². The van der Waals surface area contributed by atoms with E-state index in [-0.39, 0.29) is 10.6 Å². The number of carbonyl (C=O) groups is 1. The van der Waals surface area contributed by atoms with Gasteiger partial charge in [0.2, 0.25) is 5.70 Å². The Morgan fingerprint density at radius 2 is 1.42 bits per heavy atom. The molecule has 0 heterocycles. The van der Waals surface area contributed by atoms with Crippen LogP contribution in [-0.2, 0) is 4.79 Å². The number of nitrogens with zero attached hydrogens (tertiary/aromatic N) is 1. The summed E-state index contributed by atoms with van der Waals surface area (Å²) in [5.74, 6) is 0. The SMILES string of the molecule is CCCCC/C=C\C/C=C\C/C=C\C/C=C(\C/C=C\CCC=O)[N+](=O)[O-]. The van der Waals surface area contributed by atoms with Crippen molar-refractivity contribution >= 4 is 6.29 Å². The lowest BCUT2D eigenvalue weighted by Crippen LogP contribution is -1.97. The number of hydrogen-bond donors (Lipinski definition) is 0. The van der Waals surface area contributed by atoms with Gasteiger partial charge in [-0.1, -0.05) is 68.4 Å². The zero-order valence-electron chi connectivity index (χ0n) is 16.0. The Bertz CT molecular complexity index is 513. The molecule has 0 bridgehead atoms. The van der Waals surface area contributed by atoms with Gasteiger partial charge in [0.15, 0.2) is 0 Å². The van der Waals surface area contributed by atoms with Gasteiger partial charge in [-0.25, -0.2) is 0 Å². The van der Waals surface area contributed by atoms with Gasteiger partial charge in [0.05, 0.1) is 11.3 Å². The van der Waals surface area contributed by atoms with Crippen LogP contribution in [0.25, 0.3) is 0 Å². The first-order valence-electron chi connectivity index (χ1n) is 9.59. The van der Waals surface area contributed by atoms with Gasteiger partial charge < -0.3 is 4.79 Å². The number of aldehydes is 1. The van der Waals surface area contributed by atoms with Crippen LogP contribution in [0.4, 0.5) is 0 Å². The smallest absolute Gasteiger partial charge is 0.246 e. The Morgan fingerprint density at radius 3 is 2.04 bits per heavy atom. The molecule has 4 heteroatoms. The Labute approximate surface area is 158 Å². The minimum Gasteiger partial charge on any atom is -0.303 e. The predicted octanol–water partition coefficient (Wildman–Crippen LogP) is 6.49. The van der Waals surface area contributed by atoms with Gasteiger partial charge in [0.25, 0.3) is 0 Å². The van der Waals surface area contributed by atoms with E-state index in [0.717, 1.165) is 19.1 Å². The van der Waals surface area contributed by atoms with Gasteiger partial charge in [0.1, 0.15) is 6.29 Å². The first-order chi connectivity index (χ1) is 12.7. The molecule has 0 atom stereocenters. The molecular formula is C22H33NO3. The largest absolute Gasteiger partial charge is 0.303 e. The standard InChI is InChI=1S/C22H33NO3/c1-2-3-4-5-6-7-8-9-10-11-12-13-16-19-22(23(25)26)20-17-14-15-18-21-24/h6-7,9-10,12-14,17,19,21H,2-5,8,11,15-16,18,20H2,1H3/b7-6-,10-9-,13-12-,17-14-,22-19+. The van der Waals surface area contributed by atoms with E-state index in [1.165, 1.54) is 25.7 Å². The third-order valence-electron chi connectivity index (χ3n) is 3.69. The molecule has 0 unspecified atom stereocenters. The van der Waals surface area contributed by atoms with Crippen LogP contribution in [0.2, 0.25) is 0 Å². The lowest BCUT2D eigenvalue weighted by atomic mass is 10.2. The van der Waals surface area contributed by atoms with Crippen LogP contribution in [0, 0.1) is 10.1 Å². The van der Waals surface area contributed by atoms with Crippen molar-refractivity contribution in [2.24, 2.45) is 0 Å². The summed E-state index contributed by atoms with van der Waals surface area (Å²) in [4.78, 5) is 20.8. The van der Waals surface area contributed by atoms with Crippen molar-refractivity contribution in [3.63, 3.8) is 0 Å². The van der Waals surface area contributed by atoms with Gasteiger partial charge in [-0.15, -0.1) is 0 Å². The summed E-state index contributed by atoms with van der Waals surface area (Å²) in [6, 6.07) is 0. The van der Waals surface area contributed by atoms with E-state index >= 15 is 0 Å². The maximum Gasteiger partial charge on any atom is 0.246 e. The summed E-state index contributed by atoms with van der Waals surface area (Å²) < 4.78 is 0. The third-order valence-corrected chi connectivity index (χ3v) is 3.69.